The van der Waals surface area contributed by atoms with Crippen LogP contribution in [0.2, 0.25) is 5.02 Å². The van der Waals surface area contributed by atoms with Crippen LogP contribution in [0.3, 0.4) is 0 Å². The zero-order chi connectivity index (χ0) is 22.5. The summed E-state index contributed by atoms with van der Waals surface area (Å²) in [6, 6.07) is 9.84. The second-order valence-electron chi connectivity index (χ2n) is 6.27. The van der Waals surface area contributed by atoms with Gasteiger partial charge in [0.1, 0.15) is 12.3 Å². The molecule has 0 radical (unpaired) electrons. The van der Waals surface area contributed by atoms with Crippen LogP contribution in [-0.2, 0) is 9.59 Å². The van der Waals surface area contributed by atoms with Crippen molar-refractivity contribution >= 4 is 52.2 Å². The first-order valence-corrected chi connectivity index (χ1v) is 10.2. The first-order chi connectivity index (χ1) is 14.9. The van der Waals surface area contributed by atoms with Crippen LogP contribution in [0.4, 0.5) is 10.5 Å². The fourth-order valence-corrected chi connectivity index (χ4v) is 3.81. The maximum absolute atomic E-state index is 12.7. The Balaban J connectivity index is 1.73. The van der Waals surface area contributed by atoms with Gasteiger partial charge in [-0.15, -0.1) is 0 Å². The summed E-state index contributed by atoms with van der Waals surface area (Å²) in [5.41, 5.74) is 0.998. The lowest BCUT2D eigenvalue weighted by Crippen LogP contribution is -2.36. The number of methoxy groups -OCH3 is 3. The number of anilines is 1. The van der Waals surface area contributed by atoms with Crippen molar-refractivity contribution in [3.05, 3.63) is 51.9 Å². The zero-order valence-corrected chi connectivity index (χ0v) is 18.5. The van der Waals surface area contributed by atoms with Gasteiger partial charge in [0, 0.05) is 11.8 Å². The minimum Gasteiger partial charge on any atom is -0.497 e. The van der Waals surface area contributed by atoms with Crippen LogP contribution in [0, 0.1) is 0 Å². The van der Waals surface area contributed by atoms with E-state index in [1.807, 2.05) is 0 Å². The van der Waals surface area contributed by atoms with Crippen LogP contribution in [0.1, 0.15) is 5.56 Å². The van der Waals surface area contributed by atoms with E-state index in [0.29, 0.717) is 33.5 Å². The minimum atomic E-state index is -0.578. The number of carbonyl (C=O) groups excluding carboxylic acids is 3. The molecule has 1 heterocycles. The highest BCUT2D eigenvalue weighted by molar-refractivity contribution is 8.18. The van der Waals surface area contributed by atoms with E-state index in [0.717, 1.165) is 16.7 Å². The van der Waals surface area contributed by atoms with E-state index in [1.54, 1.807) is 36.4 Å². The van der Waals surface area contributed by atoms with Crippen LogP contribution in [0.5, 0.6) is 17.2 Å². The molecule has 0 saturated carbocycles. The molecule has 0 aromatic heterocycles. The summed E-state index contributed by atoms with van der Waals surface area (Å²) in [6.45, 7) is -0.409. The van der Waals surface area contributed by atoms with Gasteiger partial charge in [-0.3, -0.25) is 19.3 Å². The molecule has 1 aliphatic heterocycles. The van der Waals surface area contributed by atoms with E-state index in [4.69, 9.17) is 25.8 Å². The molecule has 3 amide bonds. The molecule has 0 atom stereocenters. The monoisotopic (exact) mass is 462 g/mol. The van der Waals surface area contributed by atoms with Gasteiger partial charge in [0.05, 0.1) is 31.3 Å². The number of rotatable bonds is 7. The molecular weight excluding hydrogens is 444 g/mol. The minimum absolute atomic E-state index is 0.149. The lowest BCUT2D eigenvalue weighted by atomic mass is 10.1. The highest BCUT2D eigenvalue weighted by Gasteiger charge is 2.36. The average Bonchev–Trinajstić information content (AvgIpc) is 3.02. The smallest absolute Gasteiger partial charge is 0.294 e. The van der Waals surface area contributed by atoms with Gasteiger partial charge in [-0.25, -0.2) is 0 Å². The Morgan fingerprint density at radius 2 is 1.71 bits per heavy atom. The van der Waals surface area contributed by atoms with E-state index in [2.05, 4.69) is 5.32 Å². The van der Waals surface area contributed by atoms with Gasteiger partial charge in [-0.1, -0.05) is 11.6 Å². The van der Waals surface area contributed by atoms with Gasteiger partial charge < -0.3 is 19.5 Å². The molecule has 3 rings (SSSR count). The standard InChI is InChI=1S/C21H19ClN2O6S/c1-28-14-6-4-13(5-7-14)23-19(25)11-24-20(26)18(31-21(24)27)9-12-8-16(29-2)17(30-3)10-15(12)22/h4-10H,11H2,1-3H3,(H,23,25)/b18-9+. The van der Waals surface area contributed by atoms with Crippen LogP contribution in [0.15, 0.2) is 41.3 Å². The lowest BCUT2D eigenvalue weighted by molar-refractivity contribution is -0.127. The van der Waals surface area contributed by atoms with Gasteiger partial charge >= 0.3 is 0 Å². The van der Waals surface area contributed by atoms with Gasteiger partial charge in [-0.05, 0) is 53.7 Å². The molecule has 1 saturated heterocycles. The van der Waals surface area contributed by atoms with Crippen molar-refractivity contribution in [1.82, 2.24) is 4.90 Å². The van der Waals surface area contributed by atoms with Gasteiger partial charge in [0.25, 0.3) is 11.1 Å². The van der Waals surface area contributed by atoms with E-state index in [-0.39, 0.29) is 4.91 Å². The Bertz CT molecular complexity index is 1050. The van der Waals surface area contributed by atoms with Crippen molar-refractivity contribution in [1.29, 1.82) is 0 Å². The van der Waals surface area contributed by atoms with E-state index >= 15 is 0 Å². The summed E-state index contributed by atoms with van der Waals surface area (Å²) in [5, 5.41) is 2.42. The summed E-state index contributed by atoms with van der Waals surface area (Å²) in [4.78, 5) is 38.4. The summed E-state index contributed by atoms with van der Waals surface area (Å²) in [6.07, 6.45) is 1.48. The molecule has 1 fully saturated rings. The maximum Gasteiger partial charge on any atom is 0.294 e. The molecule has 0 aliphatic carbocycles. The normalized spacial score (nSPS) is 14.7. The summed E-state index contributed by atoms with van der Waals surface area (Å²) in [5.74, 6) is 0.427. The van der Waals surface area contributed by atoms with Crippen LogP contribution >= 0.6 is 23.4 Å². The molecule has 2 aromatic carbocycles. The number of nitrogens with one attached hydrogen (secondary N) is 1. The van der Waals surface area contributed by atoms with Crippen molar-refractivity contribution in [2.75, 3.05) is 33.2 Å². The van der Waals surface area contributed by atoms with Crippen LogP contribution in [0.25, 0.3) is 6.08 Å². The summed E-state index contributed by atoms with van der Waals surface area (Å²) < 4.78 is 15.5. The van der Waals surface area contributed by atoms with E-state index < -0.39 is 23.6 Å². The third-order valence-electron chi connectivity index (χ3n) is 4.34. The highest BCUT2D eigenvalue weighted by atomic mass is 35.5. The van der Waals surface area contributed by atoms with Crippen molar-refractivity contribution in [3.8, 4) is 17.2 Å². The van der Waals surface area contributed by atoms with Crippen LogP contribution in [-0.4, -0.2) is 49.8 Å². The molecule has 31 heavy (non-hydrogen) atoms. The van der Waals surface area contributed by atoms with Crippen molar-refractivity contribution in [2.45, 2.75) is 0 Å². The Kier molecular flexibility index (Phi) is 7.09. The van der Waals surface area contributed by atoms with E-state index in [1.165, 1.54) is 27.4 Å². The predicted molar refractivity (Wildman–Crippen MR) is 119 cm³/mol. The molecule has 10 heteroatoms. The number of imide groups is 1. The first-order valence-electron chi connectivity index (χ1n) is 8.97. The Morgan fingerprint density at radius 3 is 2.32 bits per heavy atom. The Labute approximate surface area is 188 Å². The second-order valence-corrected chi connectivity index (χ2v) is 7.67. The fourth-order valence-electron chi connectivity index (χ4n) is 2.78. The number of carbonyl (C=O) groups is 3. The number of ether oxygens (including phenoxy) is 3. The molecule has 1 N–H and O–H groups in total. The van der Waals surface area contributed by atoms with Gasteiger partial charge in [0.15, 0.2) is 11.5 Å². The molecular formula is C21H19ClN2O6S. The lowest BCUT2D eigenvalue weighted by Gasteiger charge is -2.13. The van der Waals surface area contributed by atoms with Gasteiger partial charge in [-0.2, -0.15) is 0 Å². The van der Waals surface area contributed by atoms with E-state index in [9.17, 15) is 14.4 Å². The number of hydrogen-bond donors (Lipinski definition) is 1. The molecule has 2 aromatic rings. The second kappa shape index (κ2) is 9.76. The molecule has 0 bridgehead atoms. The highest BCUT2D eigenvalue weighted by Crippen LogP contribution is 2.37. The zero-order valence-electron chi connectivity index (χ0n) is 16.9. The molecule has 1 aliphatic rings. The number of amides is 3. The number of hydrogen-bond acceptors (Lipinski definition) is 7. The van der Waals surface area contributed by atoms with Crippen molar-refractivity contribution < 1.29 is 28.6 Å². The topological polar surface area (TPSA) is 94.2 Å². The van der Waals surface area contributed by atoms with Crippen molar-refractivity contribution in [3.63, 3.8) is 0 Å². The number of halogens is 1. The third kappa shape index (κ3) is 5.12. The Morgan fingerprint density at radius 1 is 1.06 bits per heavy atom. The molecule has 162 valence electrons. The summed E-state index contributed by atoms with van der Waals surface area (Å²) >= 11 is 6.99. The summed E-state index contributed by atoms with van der Waals surface area (Å²) in [7, 11) is 4.50. The van der Waals surface area contributed by atoms with Crippen LogP contribution < -0.4 is 19.5 Å². The number of thioether (sulfide) groups is 1. The van der Waals surface area contributed by atoms with Crippen molar-refractivity contribution in [2.24, 2.45) is 0 Å². The Hall–Kier alpha value is -3.17. The number of nitrogens with zero attached hydrogens (tertiary/aromatic N) is 1. The predicted octanol–water partition coefficient (Wildman–Crippen LogP) is 4.04. The maximum atomic E-state index is 12.7. The molecule has 0 spiro atoms. The third-order valence-corrected chi connectivity index (χ3v) is 5.57. The average molecular weight is 463 g/mol. The number of benzene rings is 2. The fraction of sp³-hybridized carbons (Fsp3) is 0.190. The SMILES string of the molecule is COc1ccc(NC(=O)CN2C(=O)S/C(=C/c3cc(OC)c(OC)cc3Cl)C2=O)cc1. The van der Waals surface area contributed by atoms with Gasteiger partial charge in [0.2, 0.25) is 5.91 Å². The molecule has 0 unspecified atom stereocenters. The largest absolute Gasteiger partial charge is 0.497 e. The quantitative estimate of drug-likeness (QED) is 0.620. The molecule has 8 nitrogen and oxygen atoms in total. The first kappa shape index (κ1) is 22.5.